The minimum absolute atomic E-state index is 0.0442. The van der Waals surface area contributed by atoms with Crippen molar-refractivity contribution in [1.82, 2.24) is 19.2 Å². The van der Waals surface area contributed by atoms with Gasteiger partial charge in [0.05, 0.1) is 22.0 Å². The molecule has 1 N–H and O–H groups in total. The Bertz CT molecular complexity index is 1240. The molecule has 3 rings (SSSR count). The largest absolute Gasteiger partial charge is 0.350 e. The van der Waals surface area contributed by atoms with E-state index in [9.17, 15) is 13.2 Å². The van der Waals surface area contributed by atoms with Gasteiger partial charge in [-0.2, -0.15) is 4.31 Å². The molecule has 1 heterocycles. The highest BCUT2D eigenvalue weighted by Gasteiger charge is 2.23. The average molecular weight is 485 g/mol. The molecule has 1 unspecified atom stereocenters. The first-order chi connectivity index (χ1) is 16.1. The first-order valence-corrected chi connectivity index (χ1v) is 13.4. The van der Waals surface area contributed by atoms with Gasteiger partial charge >= 0.3 is 0 Å². The first-order valence-electron chi connectivity index (χ1n) is 11.9. The summed E-state index contributed by atoms with van der Waals surface area (Å²) in [6.45, 7) is 10.8. The summed E-state index contributed by atoms with van der Waals surface area (Å²) < 4.78 is 29.1. The summed E-state index contributed by atoms with van der Waals surface area (Å²) >= 11 is 0. The molecule has 0 aliphatic rings. The lowest BCUT2D eigenvalue weighted by molar-refractivity contribution is -0.121. The third-order valence-corrected chi connectivity index (χ3v) is 8.39. The number of aromatic nitrogens is 2. The fraction of sp³-hybridized carbons (Fsp3) is 0.462. The maximum Gasteiger partial charge on any atom is 0.243 e. The molecule has 1 aromatic heterocycles. The highest BCUT2D eigenvalue weighted by molar-refractivity contribution is 7.89. The van der Waals surface area contributed by atoms with E-state index < -0.39 is 10.0 Å². The van der Waals surface area contributed by atoms with Gasteiger partial charge in [0, 0.05) is 33.0 Å². The molecule has 0 fully saturated rings. The van der Waals surface area contributed by atoms with Crippen molar-refractivity contribution in [3.63, 3.8) is 0 Å². The SMILES string of the molecule is CCN(CC)S(=O)(=O)c1ccc2c(c1)nc(CCC(=O)NC(C)c1ccc(C(C)C)cc1)n2C. The Morgan fingerprint density at radius 2 is 1.65 bits per heavy atom. The Hall–Kier alpha value is -2.71. The third-order valence-electron chi connectivity index (χ3n) is 6.34. The lowest BCUT2D eigenvalue weighted by atomic mass is 9.99. The van der Waals surface area contributed by atoms with Crippen LogP contribution in [0.1, 0.15) is 70.0 Å². The maximum absolute atomic E-state index is 12.9. The van der Waals surface area contributed by atoms with Crippen LogP contribution in [0, 0.1) is 0 Å². The monoisotopic (exact) mass is 484 g/mol. The van der Waals surface area contributed by atoms with Crippen molar-refractivity contribution in [2.45, 2.75) is 64.3 Å². The van der Waals surface area contributed by atoms with E-state index in [0.717, 1.165) is 16.9 Å². The Morgan fingerprint density at radius 1 is 1.03 bits per heavy atom. The number of hydrogen-bond donors (Lipinski definition) is 1. The van der Waals surface area contributed by atoms with Crippen molar-refractivity contribution in [3.05, 3.63) is 59.4 Å². The highest BCUT2D eigenvalue weighted by atomic mass is 32.2. The predicted octanol–water partition coefficient (Wildman–Crippen LogP) is 4.54. The van der Waals surface area contributed by atoms with E-state index in [4.69, 9.17) is 0 Å². The van der Waals surface area contributed by atoms with E-state index in [-0.39, 0.29) is 16.8 Å². The van der Waals surface area contributed by atoms with E-state index in [0.29, 0.717) is 37.4 Å². The number of imidazole rings is 1. The summed E-state index contributed by atoms with van der Waals surface area (Å²) in [5.41, 5.74) is 3.80. The van der Waals surface area contributed by atoms with E-state index >= 15 is 0 Å². The summed E-state index contributed by atoms with van der Waals surface area (Å²) in [7, 11) is -1.66. The van der Waals surface area contributed by atoms with Crippen LogP contribution >= 0.6 is 0 Å². The number of carbonyl (C=O) groups is 1. The highest BCUT2D eigenvalue weighted by Crippen LogP contribution is 2.23. The minimum Gasteiger partial charge on any atom is -0.350 e. The normalized spacial score (nSPS) is 13.1. The number of fused-ring (bicyclic) bond motifs is 1. The number of nitrogens with zero attached hydrogens (tertiary/aromatic N) is 3. The van der Waals surface area contributed by atoms with Gasteiger partial charge < -0.3 is 9.88 Å². The Balaban J connectivity index is 1.69. The van der Waals surface area contributed by atoms with Gasteiger partial charge in [-0.25, -0.2) is 13.4 Å². The summed E-state index contributed by atoms with van der Waals surface area (Å²) in [4.78, 5) is 17.5. The number of nitrogens with one attached hydrogen (secondary N) is 1. The fourth-order valence-electron chi connectivity index (χ4n) is 4.12. The lowest BCUT2D eigenvalue weighted by Gasteiger charge is -2.18. The zero-order valence-electron chi connectivity index (χ0n) is 21.0. The van der Waals surface area contributed by atoms with Gasteiger partial charge in [-0.05, 0) is 42.2 Å². The topological polar surface area (TPSA) is 84.3 Å². The molecule has 0 saturated carbocycles. The summed E-state index contributed by atoms with van der Waals surface area (Å²) in [5, 5.41) is 3.06. The molecule has 0 bridgehead atoms. The van der Waals surface area contributed by atoms with Crippen molar-refractivity contribution < 1.29 is 13.2 Å². The second kappa shape index (κ2) is 10.7. The lowest BCUT2D eigenvalue weighted by Crippen LogP contribution is -2.30. The molecule has 2 aromatic carbocycles. The summed E-state index contributed by atoms with van der Waals surface area (Å²) in [6.07, 6.45) is 0.768. The molecule has 34 heavy (non-hydrogen) atoms. The number of carbonyl (C=O) groups excluding carboxylic acids is 1. The Labute approximate surface area is 203 Å². The molecule has 0 aliphatic carbocycles. The molecule has 3 aromatic rings. The van der Waals surface area contributed by atoms with Gasteiger partial charge in [0.2, 0.25) is 15.9 Å². The Morgan fingerprint density at radius 3 is 2.24 bits per heavy atom. The van der Waals surface area contributed by atoms with Crippen molar-refractivity contribution in [1.29, 1.82) is 0 Å². The van der Waals surface area contributed by atoms with Crippen LogP contribution in [0.3, 0.4) is 0 Å². The van der Waals surface area contributed by atoms with Gasteiger partial charge in [0.15, 0.2) is 0 Å². The number of aryl methyl sites for hydroxylation is 2. The first kappa shape index (κ1) is 25.9. The van der Waals surface area contributed by atoms with Crippen molar-refractivity contribution in [2.24, 2.45) is 7.05 Å². The number of amides is 1. The number of benzene rings is 2. The molecule has 184 valence electrons. The van der Waals surface area contributed by atoms with Gasteiger partial charge in [-0.3, -0.25) is 4.79 Å². The smallest absolute Gasteiger partial charge is 0.243 e. The van der Waals surface area contributed by atoms with Crippen LogP contribution in [0.5, 0.6) is 0 Å². The van der Waals surface area contributed by atoms with Crippen LogP contribution in [-0.4, -0.2) is 41.3 Å². The Kier molecular flexibility index (Phi) is 8.15. The van der Waals surface area contributed by atoms with E-state index in [1.54, 1.807) is 18.2 Å². The van der Waals surface area contributed by atoms with Gasteiger partial charge in [-0.15, -0.1) is 0 Å². The van der Waals surface area contributed by atoms with Gasteiger partial charge in [0.25, 0.3) is 0 Å². The molecular weight excluding hydrogens is 448 g/mol. The van der Waals surface area contributed by atoms with Crippen molar-refractivity contribution >= 4 is 27.0 Å². The number of rotatable bonds is 10. The van der Waals surface area contributed by atoms with E-state index in [1.165, 1.54) is 9.87 Å². The second-order valence-electron chi connectivity index (χ2n) is 8.94. The molecule has 8 heteroatoms. The summed E-state index contributed by atoms with van der Waals surface area (Å²) in [6, 6.07) is 13.3. The molecule has 0 aliphatic heterocycles. The van der Waals surface area contributed by atoms with Gasteiger partial charge in [-0.1, -0.05) is 52.0 Å². The van der Waals surface area contributed by atoms with Crippen molar-refractivity contribution in [3.8, 4) is 0 Å². The molecular formula is C26H36N4O3S. The third kappa shape index (κ3) is 5.50. The molecule has 0 spiro atoms. The van der Waals surface area contributed by atoms with Crippen LogP contribution in [0.25, 0.3) is 11.0 Å². The molecule has 1 atom stereocenters. The summed E-state index contributed by atoms with van der Waals surface area (Å²) in [5.74, 6) is 1.18. The van der Waals surface area contributed by atoms with Gasteiger partial charge in [0.1, 0.15) is 5.82 Å². The molecule has 1 amide bonds. The molecule has 0 saturated heterocycles. The maximum atomic E-state index is 12.9. The number of hydrogen-bond acceptors (Lipinski definition) is 4. The van der Waals surface area contributed by atoms with Crippen LogP contribution in [0.15, 0.2) is 47.4 Å². The fourth-order valence-corrected chi connectivity index (χ4v) is 5.60. The quantitative estimate of drug-likeness (QED) is 0.458. The predicted molar refractivity (Wildman–Crippen MR) is 136 cm³/mol. The van der Waals surface area contributed by atoms with Crippen LogP contribution in [-0.2, 0) is 28.3 Å². The van der Waals surface area contributed by atoms with E-state index in [2.05, 4.69) is 48.4 Å². The van der Waals surface area contributed by atoms with Crippen LogP contribution in [0.2, 0.25) is 0 Å². The van der Waals surface area contributed by atoms with Crippen molar-refractivity contribution in [2.75, 3.05) is 13.1 Å². The number of sulfonamides is 1. The molecule has 7 nitrogen and oxygen atoms in total. The average Bonchev–Trinajstić information content (AvgIpc) is 3.13. The zero-order chi connectivity index (χ0) is 25.0. The van der Waals surface area contributed by atoms with E-state index in [1.807, 2.05) is 32.4 Å². The standard InChI is InChI=1S/C26H36N4O3S/c1-7-30(8-2)34(32,33)22-13-14-24-23(17-22)28-25(29(24)6)15-16-26(31)27-19(5)21-11-9-20(10-12-21)18(3)4/h9-14,17-19H,7-8,15-16H2,1-6H3,(H,27,31). The zero-order valence-corrected chi connectivity index (χ0v) is 21.8. The van der Waals surface area contributed by atoms with Crippen LogP contribution in [0.4, 0.5) is 0 Å². The second-order valence-corrected chi connectivity index (χ2v) is 10.9. The molecule has 0 radical (unpaired) electrons. The minimum atomic E-state index is -3.55. The van der Waals surface area contributed by atoms with Crippen LogP contribution < -0.4 is 5.32 Å².